The van der Waals surface area contributed by atoms with Gasteiger partial charge in [0.25, 0.3) is 0 Å². The SMILES string of the molecule is C#CC(NC)C1CCC(C(C)C)CC1. The first kappa shape index (κ1) is 11.6. The fraction of sp³-hybridized carbons (Fsp3) is 0.846. The van der Waals surface area contributed by atoms with Gasteiger partial charge in [-0.2, -0.15) is 0 Å². The normalized spacial score (nSPS) is 29.9. The molecule has 1 saturated carbocycles. The highest BCUT2D eigenvalue weighted by Crippen LogP contribution is 2.34. The minimum atomic E-state index is 0.295. The van der Waals surface area contributed by atoms with E-state index in [1.165, 1.54) is 25.7 Å². The minimum absolute atomic E-state index is 0.295. The molecule has 0 aromatic carbocycles. The zero-order valence-electron chi connectivity index (χ0n) is 9.72. The maximum absolute atomic E-state index is 5.50. The Balaban J connectivity index is 2.39. The highest BCUT2D eigenvalue weighted by molar-refractivity contribution is 5.02. The molecule has 14 heavy (non-hydrogen) atoms. The van der Waals surface area contributed by atoms with Crippen LogP contribution in [-0.4, -0.2) is 13.1 Å². The van der Waals surface area contributed by atoms with Gasteiger partial charge < -0.3 is 5.32 Å². The van der Waals surface area contributed by atoms with Gasteiger partial charge >= 0.3 is 0 Å². The number of terminal acetylenes is 1. The van der Waals surface area contributed by atoms with Gasteiger partial charge in [0.1, 0.15) is 0 Å². The summed E-state index contributed by atoms with van der Waals surface area (Å²) in [6.45, 7) is 4.67. The van der Waals surface area contributed by atoms with Crippen molar-refractivity contribution in [3.8, 4) is 12.3 Å². The summed E-state index contributed by atoms with van der Waals surface area (Å²) in [6, 6.07) is 0.295. The van der Waals surface area contributed by atoms with Gasteiger partial charge in [0.2, 0.25) is 0 Å². The van der Waals surface area contributed by atoms with E-state index in [1.807, 2.05) is 7.05 Å². The van der Waals surface area contributed by atoms with Gasteiger partial charge in [0, 0.05) is 0 Å². The second-order valence-corrected chi connectivity index (χ2v) is 4.85. The first-order valence-corrected chi connectivity index (χ1v) is 5.82. The molecular formula is C13H23N. The maximum atomic E-state index is 5.50. The minimum Gasteiger partial charge on any atom is -0.307 e. The molecule has 0 bridgehead atoms. The van der Waals surface area contributed by atoms with E-state index < -0.39 is 0 Å². The Morgan fingerprint density at radius 3 is 2.00 bits per heavy atom. The van der Waals surface area contributed by atoms with Crippen LogP contribution >= 0.6 is 0 Å². The summed E-state index contributed by atoms with van der Waals surface area (Å²) in [6.07, 6.45) is 10.8. The highest BCUT2D eigenvalue weighted by Gasteiger charge is 2.26. The Bertz CT molecular complexity index is 194. The lowest BCUT2D eigenvalue weighted by Crippen LogP contribution is -2.35. The molecule has 1 fully saturated rings. The molecule has 0 amide bonds. The number of rotatable bonds is 3. The molecule has 1 N–H and O–H groups in total. The smallest absolute Gasteiger partial charge is 0.0713 e. The van der Waals surface area contributed by atoms with Crippen LogP contribution in [0, 0.1) is 30.1 Å². The van der Waals surface area contributed by atoms with Crippen molar-refractivity contribution in [2.24, 2.45) is 17.8 Å². The van der Waals surface area contributed by atoms with Gasteiger partial charge in [-0.25, -0.2) is 0 Å². The van der Waals surface area contributed by atoms with Gasteiger partial charge in [-0.1, -0.05) is 19.8 Å². The predicted octanol–water partition coefficient (Wildman–Crippen LogP) is 2.67. The standard InChI is InChI=1S/C13H23N/c1-5-13(14-4)12-8-6-11(7-9-12)10(2)3/h1,10-14H,6-9H2,2-4H3. The average molecular weight is 193 g/mol. The number of nitrogens with one attached hydrogen (secondary N) is 1. The van der Waals surface area contributed by atoms with E-state index in [9.17, 15) is 0 Å². The van der Waals surface area contributed by atoms with Crippen molar-refractivity contribution >= 4 is 0 Å². The Labute approximate surface area is 88.7 Å². The van der Waals surface area contributed by atoms with Crippen molar-refractivity contribution in [2.45, 2.75) is 45.6 Å². The largest absolute Gasteiger partial charge is 0.307 e. The van der Waals surface area contributed by atoms with Gasteiger partial charge in [-0.3, -0.25) is 0 Å². The molecule has 0 aromatic rings. The summed E-state index contributed by atoms with van der Waals surface area (Å²) in [5.74, 6) is 5.34. The summed E-state index contributed by atoms with van der Waals surface area (Å²) in [5, 5.41) is 3.23. The van der Waals surface area contributed by atoms with Gasteiger partial charge in [-0.05, 0) is 50.5 Å². The number of hydrogen-bond donors (Lipinski definition) is 1. The molecule has 0 heterocycles. The van der Waals surface area contributed by atoms with Crippen molar-refractivity contribution in [1.82, 2.24) is 5.32 Å². The van der Waals surface area contributed by atoms with Crippen molar-refractivity contribution in [2.75, 3.05) is 7.05 Å². The van der Waals surface area contributed by atoms with E-state index in [0.29, 0.717) is 12.0 Å². The van der Waals surface area contributed by atoms with Crippen LogP contribution in [0.15, 0.2) is 0 Å². The summed E-state index contributed by atoms with van der Waals surface area (Å²) in [5.41, 5.74) is 0. The van der Waals surface area contributed by atoms with Crippen molar-refractivity contribution < 1.29 is 0 Å². The van der Waals surface area contributed by atoms with Crippen molar-refractivity contribution in [3.63, 3.8) is 0 Å². The van der Waals surface area contributed by atoms with Crippen LogP contribution in [0.3, 0.4) is 0 Å². The molecule has 0 spiro atoms. The Hall–Kier alpha value is -0.480. The number of hydrogen-bond acceptors (Lipinski definition) is 1. The van der Waals surface area contributed by atoms with E-state index in [2.05, 4.69) is 25.1 Å². The zero-order valence-corrected chi connectivity index (χ0v) is 9.72. The third-order valence-corrected chi connectivity index (χ3v) is 3.72. The average Bonchev–Trinajstić information content (AvgIpc) is 2.20. The molecule has 0 radical (unpaired) electrons. The second kappa shape index (κ2) is 5.41. The van der Waals surface area contributed by atoms with E-state index in [1.54, 1.807) is 0 Å². The zero-order chi connectivity index (χ0) is 10.6. The molecule has 1 unspecified atom stereocenters. The molecule has 1 rings (SSSR count). The third kappa shape index (κ3) is 2.75. The molecule has 1 heteroatoms. The van der Waals surface area contributed by atoms with E-state index in [0.717, 1.165) is 11.8 Å². The van der Waals surface area contributed by atoms with Gasteiger partial charge in [0.05, 0.1) is 6.04 Å². The molecule has 1 aliphatic carbocycles. The van der Waals surface area contributed by atoms with E-state index in [4.69, 9.17) is 6.42 Å². The van der Waals surface area contributed by atoms with E-state index >= 15 is 0 Å². The third-order valence-electron chi connectivity index (χ3n) is 3.72. The lowest BCUT2D eigenvalue weighted by Gasteiger charge is -2.33. The van der Waals surface area contributed by atoms with Crippen LogP contribution in [0.4, 0.5) is 0 Å². The molecule has 80 valence electrons. The van der Waals surface area contributed by atoms with Crippen LogP contribution < -0.4 is 5.32 Å². The van der Waals surface area contributed by atoms with Gasteiger partial charge in [-0.15, -0.1) is 6.42 Å². The monoisotopic (exact) mass is 193 g/mol. The Morgan fingerprint density at radius 2 is 1.64 bits per heavy atom. The van der Waals surface area contributed by atoms with Gasteiger partial charge in [0.15, 0.2) is 0 Å². The molecular weight excluding hydrogens is 170 g/mol. The van der Waals surface area contributed by atoms with Crippen molar-refractivity contribution in [3.05, 3.63) is 0 Å². The van der Waals surface area contributed by atoms with Crippen molar-refractivity contribution in [1.29, 1.82) is 0 Å². The summed E-state index contributed by atoms with van der Waals surface area (Å²) < 4.78 is 0. The van der Waals surface area contributed by atoms with Crippen LogP contribution in [-0.2, 0) is 0 Å². The lowest BCUT2D eigenvalue weighted by molar-refractivity contribution is 0.208. The molecule has 1 aliphatic rings. The fourth-order valence-electron chi connectivity index (χ4n) is 2.60. The Morgan fingerprint density at radius 1 is 1.14 bits per heavy atom. The molecule has 0 saturated heterocycles. The molecule has 0 aliphatic heterocycles. The Kier molecular flexibility index (Phi) is 4.48. The first-order valence-electron chi connectivity index (χ1n) is 5.82. The predicted molar refractivity (Wildman–Crippen MR) is 62.0 cm³/mol. The second-order valence-electron chi connectivity index (χ2n) is 4.85. The molecule has 0 aromatic heterocycles. The van der Waals surface area contributed by atoms with Crippen LogP contribution in [0.25, 0.3) is 0 Å². The quantitative estimate of drug-likeness (QED) is 0.680. The lowest BCUT2D eigenvalue weighted by atomic mass is 9.75. The molecule has 1 nitrogen and oxygen atoms in total. The maximum Gasteiger partial charge on any atom is 0.0713 e. The first-order chi connectivity index (χ1) is 6.69. The van der Waals surface area contributed by atoms with Crippen LogP contribution in [0.2, 0.25) is 0 Å². The fourth-order valence-corrected chi connectivity index (χ4v) is 2.60. The van der Waals surface area contributed by atoms with E-state index in [-0.39, 0.29) is 0 Å². The highest BCUT2D eigenvalue weighted by atomic mass is 14.9. The summed E-state index contributed by atoms with van der Waals surface area (Å²) in [4.78, 5) is 0. The van der Waals surface area contributed by atoms with Crippen LogP contribution in [0.5, 0.6) is 0 Å². The topological polar surface area (TPSA) is 12.0 Å². The summed E-state index contributed by atoms with van der Waals surface area (Å²) in [7, 11) is 1.97. The van der Waals surface area contributed by atoms with Crippen LogP contribution in [0.1, 0.15) is 39.5 Å². The molecule has 1 atom stereocenters. The summed E-state index contributed by atoms with van der Waals surface area (Å²) >= 11 is 0.